The lowest BCUT2D eigenvalue weighted by atomic mass is 10.1. The largest absolute Gasteiger partial charge is 0.371 e. The van der Waals surface area contributed by atoms with E-state index in [0.29, 0.717) is 0 Å². The second kappa shape index (κ2) is 6.67. The van der Waals surface area contributed by atoms with Gasteiger partial charge in [0.2, 0.25) is 0 Å². The van der Waals surface area contributed by atoms with Crippen LogP contribution in [0.4, 0.5) is 10.2 Å². The Morgan fingerprint density at radius 2 is 2.19 bits per heavy atom. The van der Waals surface area contributed by atoms with Crippen molar-refractivity contribution < 1.29 is 9.18 Å². The molecular weight excluding hydrogens is 289 g/mol. The Hall–Kier alpha value is -1.95. The van der Waals surface area contributed by atoms with Gasteiger partial charge in [0.15, 0.2) is 11.6 Å². The third-order valence-electron chi connectivity index (χ3n) is 3.05. The molecule has 0 bridgehead atoms. The van der Waals surface area contributed by atoms with Crippen molar-refractivity contribution in [2.75, 3.05) is 12.4 Å². The fraction of sp³-hybridized carbons (Fsp3) is 0.333. The monoisotopic (exact) mass is 307 g/mol. The molecule has 4 nitrogen and oxygen atoms in total. The Morgan fingerprint density at radius 3 is 2.81 bits per heavy atom. The van der Waals surface area contributed by atoms with Crippen LogP contribution in [0, 0.1) is 12.7 Å². The normalized spacial score (nSPS) is 12.0. The summed E-state index contributed by atoms with van der Waals surface area (Å²) in [7, 11) is 1.56. The Balaban J connectivity index is 2.04. The van der Waals surface area contributed by atoms with Gasteiger partial charge in [-0.1, -0.05) is 0 Å². The molecule has 0 aliphatic carbocycles. The van der Waals surface area contributed by atoms with E-state index in [-0.39, 0.29) is 17.4 Å². The van der Waals surface area contributed by atoms with Gasteiger partial charge in [-0.3, -0.25) is 4.79 Å². The van der Waals surface area contributed by atoms with Crippen LogP contribution in [0.2, 0.25) is 0 Å². The third kappa shape index (κ3) is 3.78. The van der Waals surface area contributed by atoms with Crippen LogP contribution >= 0.6 is 11.3 Å². The zero-order valence-corrected chi connectivity index (χ0v) is 13.1. The number of aryl methyl sites for hydroxylation is 1. The molecule has 2 heterocycles. The lowest BCUT2D eigenvalue weighted by molar-refractivity contribution is 0.0936. The number of nitrogens with zero attached hydrogens (tertiary/aromatic N) is 1. The number of nitrogens with one attached hydrogen (secondary N) is 2. The van der Waals surface area contributed by atoms with E-state index in [1.165, 1.54) is 22.0 Å². The summed E-state index contributed by atoms with van der Waals surface area (Å²) in [5, 5.41) is 5.44. The van der Waals surface area contributed by atoms with E-state index in [2.05, 4.69) is 27.8 Å². The number of halogens is 1. The number of pyridine rings is 1. The van der Waals surface area contributed by atoms with Gasteiger partial charge < -0.3 is 10.6 Å². The first-order valence-electron chi connectivity index (χ1n) is 6.69. The van der Waals surface area contributed by atoms with Crippen LogP contribution in [-0.4, -0.2) is 24.0 Å². The van der Waals surface area contributed by atoms with E-state index >= 15 is 0 Å². The highest BCUT2D eigenvalue weighted by atomic mass is 32.1. The average molecular weight is 307 g/mol. The topological polar surface area (TPSA) is 54.0 Å². The molecule has 0 fully saturated rings. The molecule has 1 atom stereocenters. The van der Waals surface area contributed by atoms with Crippen LogP contribution in [0.15, 0.2) is 24.4 Å². The van der Waals surface area contributed by atoms with E-state index in [0.717, 1.165) is 6.42 Å². The van der Waals surface area contributed by atoms with Crippen LogP contribution in [0.5, 0.6) is 0 Å². The van der Waals surface area contributed by atoms with Gasteiger partial charge in [-0.15, -0.1) is 11.3 Å². The van der Waals surface area contributed by atoms with Crippen molar-refractivity contribution in [3.05, 3.63) is 45.5 Å². The minimum atomic E-state index is -0.628. The average Bonchev–Trinajstić information content (AvgIpc) is 2.83. The van der Waals surface area contributed by atoms with Crippen molar-refractivity contribution >= 4 is 23.1 Å². The van der Waals surface area contributed by atoms with Crippen LogP contribution in [0.3, 0.4) is 0 Å². The van der Waals surface area contributed by atoms with E-state index in [1.807, 2.05) is 13.8 Å². The van der Waals surface area contributed by atoms with E-state index < -0.39 is 11.7 Å². The fourth-order valence-corrected chi connectivity index (χ4v) is 3.06. The molecular formula is C15H18FN3OS. The Labute approximate surface area is 127 Å². The minimum absolute atomic E-state index is 0.00330. The highest BCUT2D eigenvalue weighted by Gasteiger charge is 2.17. The fourth-order valence-electron chi connectivity index (χ4n) is 2.04. The molecule has 112 valence electrons. The number of amides is 1. The van der Waals surface area contributed by atoms with Crippen LogP contribution in [-0.2, 0) is 6.42 Å². The molecule has 1 unspecified atom stereocenters. The van der Waals surface area contributed by atoms with Crippen LogP contribution in [0.25, 0.3) is 0 Å². The molecule has 2 aromatic heterocycles. The molecule has 0 spiro atoms. The van der Waals surface area contributed by atoms with Gasteiger partial charge in [0.05, 0.1) is 5.56 Å². The van der Waals surface area contributed by atoms with Crippen molar-refractivity contribution in [1.29, 1.82) is 0 Å². The van der Waals surface area contributed by atoms with Crippen molar-refractivity contribution in [2.45, 2.75) is 26.3 Å². The molecule has 1 amide bonds. The van der Waals surface area contributed by atoms with Gasteiger partial charge in [-0.05, 0) is 32.0 Å². The summed E-state index contributed by atoms with van der Waals surface area (Å²) in [6.45, 7) is 3.95. The standard InChI is InChI=1S/C15H18FN3OS/c1-9(8-11-5-4-10(2)21-11)19-15(20)12-6-7-18-14(17-3)13(12)16/h4-7,9H,8H2,1-3H3,(H,17,18)(H,19,20). The molecule has 21 heavy (non-hydrogen) atoms. The highest BCUT2D eigenvalue weighted by molar-refractivity contribution is 7.11. The molecule has 6 heteroatoms. The maximum atomic E-state index is 14.0. The number of hydrogen-bond donors (Lipinski definition) is 2. The summed E-state index contributed by atoms with van der Waals surface area (Å²) in [5.74, 6) is -0.979. The SMILES string of the molecule is CNc1nccc(C(=O)NC(C)Cc2ccc(C)s2)c1F. The van der Waals surface area contributed by atoms with Gasteiger partial charge in [0.1, 0.15) is 0 Å². The summed E-state index contributed by atoms with van der Waals surface area (Å²) < 4.78 is 14.0. The van der Waals surface area contributed by atoms with Crippen molar-refractivity contribution in [3.8, 4) is 0 Å². The molecule has 0 aliphatic heterocycles. The summed E-state index contributed by atoms with van der Waals surface area (Å²) >= 11 is 1.70. The van der Waals surface area contributed by atoms with Crippen molar-refractivity contribution in [1.82, 2.24) is 10.3 Å². The van der Waals surface area contributed by atoms with Gasteiger partial charge in [-0.25, -0.2) is 9.37 Å². The van der Waals surface area contributed by atoms with Crippen LogP contribution < -0.4 is 10.6 Å². The molecule has 2 rings (SSSR count). The minimum Gasteiger partial charge on any atom is -0.371 e. The lowest BCUT2D eigenvalue weighted by Crippen LogP contribution is -2.34. The first kappa shape index (κ1) is 15.4. The van der Waals surface area contributed by atoms with Gasteiger partial charge in [0.25, 0.3) is 5.91 Å². The zero-order chi connectivity index (χ0) is 15.4. The van der Waals surface area contributed by atoms with Crippen molar-refractivity contribution in [3.63, 3.8) is 0 Å². The molecule has 0 aromatic carbocycles. The number of carbonyl (C=O) groups excluding carboxylic acids is 1. The smallest absolute Gasteiger partial charge is 0.254 e. The maximum absolute atomic E-state index is 14.0. The quantitative estimate of drug-likeness (QED) is 0.893. The number of carbonyl (C=O) groups is 1. The summed E-state index contributed by atoms with van der Waals surface area (Å²) in [5.41, 5.74) is 0.00330. The number of rotatable bonds is 5. The number of hydrogen-bond acceptors (Lipinski definition) is 4. The second-order valence-electron chi connectivity index (χ2n) is 4.86. The van der Waals surface area contributed by atoms with E-state index in [4.69, 9.17) is 0 Å². The van der Waals surface area contributed by atoms with E-state index in [1.54, 1.807) is 18.4 Å². The lowest BCUT2D eigenvalue weighted by Gasteiger charge is -2.14. The van der Waals surface area contributed by atoms with Crippen molar-refractivity contribution in [2.24, 2.45) is 0 Å². The molecule has 0 radical (unpaired) electrons. The highest BCUT2D eigenvalue weighted by Crippen LogP contribution is 2.18. The predicted molar refractivity (Wildman–Crippen MR) is 83.4 cm³/mol. The molecule has 2 N–H and O–H groups in total. The number of anilines is 1. The summed E-state index contributed by atoms with van der Waals surface area (Å²) in [6, 6.07) is 5.42. The predicted octanol–water partition coefficient (Wildman–Crippen LogP) is 2.99. The number of aromatic nitrogens is 1. The Bertz CT molecular complexity index is 642. The van der Waals surface area contributed by atoms with Gasteiger partial charge in [0, 0.05) is 35.5 Å². The van der Waals surface area contributed by atoms with Gasteiger partial charge >= 0.3 is 0 Å². The first-order valence-corrected chi connectivity index (χ1v) is 7.51. The molecule has 0 saturated carbocycles. The summed E-state index contributed by atoms with van der Waals surface area (Å²) in [4.78, 5) is 18.4. The molecule has 2 aromatic rings. The Morgan fingerprint density at radius 1 is 1.43 bits per heavy atom. The second-order valence-corrected chi connectivity index (χ2v) is 6.23. The first-order chi connectivity index (χ1) is 10.0. The van der Waals surface area contributed by atoms with E-state index in [9.17, 15) is 9.18 Å². The molecule has 0 aliphatic rings. The van der Waals surface area contributed by atoms with Gasteiger partial charge in [-0.2, -0.15) is 0 Å². The summed E-state index contributed by atoms with van der Waals surface area (Å²) in [6.07, 6.45) is 2.15. The maximum Gasteiger partial charge on any atom is 0.254 e. The van der Waals surface area contributed by atoms with Crippen LogP contribution in [0.1, 0.15) is 27.0 Å². The Kier molecular flexibility index (Phi) is 4.90. The number of thiophene rings is 1. The molecule has 0 saturated heterocycles. The third-order valence-corrected chi connectivity index (χ3v) is 4.07. The zero-order valence-electron chi connectivity index (χ0n) is 12.2.